The highest BCUT2D eigenvalue weighted by Crippen LogP contribution is 2.31. The van der Waals surface area contributed by atoms with E-state index < -0.39 is 4.92 Å². The minimum absolute atomic E-state index is 0.0129. The standard InChI is InChI=1S/C12H11ClN4O3/c1-7-3-4-10(20-2)8(5-7)15-11-9(17(18)19)6-14-12(13)16-11/h3-6H,1-2H3,(H,14,15,16). The Morgan fingerprint density at radius 1 is 1.45 bits per heavy atom. The van der Waals surface area contributed by atoms with Crippen LogP contribution >= 0.6 is 11.6 Å². The van der Waals surface area contributed by atoms with Crippen molar-refractivity contribution in [2.45, 2.75) is 6.92 Å². The third-order valence-electron chi connectivity index (χ3n) is 2.54. The molecule has 2 rings (SSSR count). The monoisotopic (exact) mass is 294 g/mol. The van der Waals surface area contributed by atoms with E-state index in [9.17, 15) is 10.1 Å². The molecule has 1 heterocycles. The van der Waals surface area contributed by atoms with Crippen LogP contribution in [0.2, 0.25) is 5.28 Å². The lowest BCUT2D eigenvalue weighted by atomic mass is 10.2. The predicted molar refractivity (Wildman–Crippen MR) is 74.7 cm³/mol. The van der Waals surface area contributed by atoms with Gasteiger partial charge in [0.15, 0.2) is 0 Å². The van der Waals surface area contributed by atoms with Crippen LogP contribution in [0.5, 0.6) is 5.75 Å². The Morgan fingerprint density at radius 2 is 2.20 bits per heavy atom. The van der Waals surface area contributed by atoms with Gasteiger partial charge in [-0.25, -0.2) is 4.98 Å². The molecule has 20 heavy (non-hydrogen) atoms. The van der Waals surface area contributed by atoms with Crippen molar-refractivity contribution in [3.8, 4) is 5.75 Å². The Balaban J connectivity index is 2.46. The third kappa shape index (κ3) is 2.94. The SMILES string of the molecule is COc1ccc(C)cc1Nc1nc(Cl)ncc1[N+](=O)[O-]. The van der Waals surface area contributed by atoms with Crippen molar-refractivity contribution in [2.75, 3.05) is 12.4 Å². The minimum Gasteiger partial charge on any atom is -0.495 e. The molecule has 1 N–H and O–H groups in total. The highest BCUT2D eigenvalue weighted by atomic mass is 35.5. The second-order valence-electron chi connectivity index (χ2n) is 3.96. The van der Waals surface area contributed by atoms with Gasteiger partial charge in [0.1, 0.15) is 11.9 Å². The summed E-state index contributed by atoms with van der Waals surface area (Å²) in [5.74, 6) is 0.554. The highest BCUT2D eigenvalue weighted by Gasteiger charge is 2.18. The van der Waals surface area contributed by atoms with Gasteiger partial charge in [-0.3, -0.25) is 10.1 Å². The second-order valence-corrected chi connectivity index (χ2v) is 4.30. The molecule has 0 bridgehead atoms. The van der Waals surface area contributed by atoms with Crippen LogP contribution in [0.3, 0.4) is 0 Å². The van der Waals surface area contributed by atoms with Crippen LogP contribution in [0.1, 0.15) is 5.56 Å². The third-order valence-corrected chi connectivity index (χ3v) is 2.73. The van der Waals surface area contributed by atoms with E-state index in [1.165, 1.54) is 7.11 Å². The molecule has 8 heteroatoms. The van der Waals surface area contributed by atoms with Gasteiger partial charge in [-0.2, -0.15) is 4.98 Å². The molecule has 0 saturated carbocycles. The van der Waals surface area contributed by atoms with Crippen LogP contribution in [0, 0.1) is 17.0 Å². The van der Waals surface area contributed by atoms with Gasteiger partial charge in [0.05, 0.1) is 17.7 Å². The average molecular weight is 295 g/mol. The summed E-state index contributed by atoms with van der Waals surface area (Å²) in [6.45, 7) is 1.89. The Kier molecular flexibility index (Phi) is 3.99. The maximum absolute atomic E-state index is 11.0. The molecular weight excluding hydrogens is 284 g/mol. The summed E-state index contributed by atoms with van der Waals surface area (Å²) in [6.07, 6.45) is 1.06. The molecule has 0 atom stereocenters. The smallest absolute Gasteiger partial charge is 0.329 e. The first kappa shape index (κ1) is 14.0. The molecule has 0 saturated heterocycles. The number of ether oxygens (including phenoxy) is 1. The number of methoxy groups -OCH3 is 1. The summed E-state index contributed by atoms with van der Waals surface area (Å²) in [4.78, 5) is 17.8. The zero-order chi connectivity index (χ0) is 14.7. The summed E-state index contributed by atoms with van der Waals surface area (Å²) in [6, 6.07) is 5.41. The van der Waals surface area contributed by atoms with Gasteiger partial charge in [0, 0.05) is 0 Å². The van der Waals surface area contributed by atoms with Gasteiger partial charge >= 0.3 is 5.69 Å². The predicted octanol–water partition coefficient (Wildman–Crippen LogP) is 3.10. The molecule has 1 aromatic heterocycles. The van der Waals surface area contributed by atoms with Crippen LogP contribution in [0.4, 0.5) is 17.2 Å². The molecule has 0 fully saturated rings. The number of benzene rings is 1. The van der Waals surface area contributed by atoms with E-state index in [0.717, 1.165) is 11.8 Å². The van der Waals surface area contributed by atoms with E-state index in [1.807, 2.05) is 13.0 Å². The van der Waals surface area contributed by atoms with Gasteiger partial charge in [-0.1, -0.05) is 6.07 Å². The molecule has 1 aromatic carbocycles. The molecule has 0 aliphatic carbocycles. The van der Waals surface area contributed by atoms with E-state index in [0.29, 0.717) is 11.4 Å². The Morgan fingerprint density at radius 3 is 2.85 bits per heavy atom. The number of nitro groups is 1. The van der Waals surface area contributed by atoms with Gasteiger partial charge in [0.2, 0.25) is 11.1 Å². The van der Waals surface area contributed by atoms with Gasteiger partial charge < -0.3 is 10.1 Å². The molecule has 104 valence electrons. The molecule has 2 aromatic rings. The first-order valence-electron chi connectivity index (χ1n) is 5.60. The fourth-order valence-corrected chi connectivity index (χ4v) is 1.76. The van der Waals surface area contributed by atoms with E-state index in [1.54, 1.807) is 12.1 Å². The first-order valence-corrected chi connectivity index (χ1v) is 5.97. The van der Waals surface area contributed by atoms with Crippen molar-refractivity contribution >= 4 is 28.8 Å². The number of anilines is 2. The van der Waals surface area contributed by atoms with Crippen LogP contribution in [0.25, 0.3) is 0 Å². The lowest BCUT2D eigenvalue weighted by molar-refractivity contribution is -0.384. The van der Waals surface area contributed by atoms with E-state index in [2.05, 4.69) is 15.3 Å². The molecule has 0 aliphatic heterocycles. The summed E-state index contributed by atoms with van der Waals surface area (Å²) in [5, 5.41) is 13.7. The van der Waals surface area contributed by atoms with Crippen LogP contribution in [-0.2, 0) is 0 Å². The molecule has 0 radical (unpaired) electrons. The quantitative estimate of drug-likeness (QED) is 0.529. The number of nitrogens with zero attached hydrogens (tertiary/aromatic N) is 3. The zero-order valence-electron chi connectivity index (χ0n) is 10.8. The largest absolute Gasteiger partial charge is 0.495 e. The fourth-order valence-electron chi connectivity index (χ4n) is 1.63. The maximum atomic E-state index is 11.0. The van der Waals surface area contributed by atoms with Crippen molar-refractivity contribution in [2.24, 2.45) is 0 Å². The topological polar surface area (TPSA) is 90.2 Å². The van der Waals surface area contributed by atoms with Crippen LogP contribution in [-0.4, -0.2) is 22.0 Å². The summed E-state index contributed by atoms with van der Waals surface area (Å²) < 4.78 is 5.19. The normalized spacial score (nSPS) is 10.2. The van der Waals surface area contributed by atoms with E-state index in [-0.39, 0.29) is 16.8 Å². The second kappa shape index (κ2) is 5.70. The number of hydrogen-bond acceptors (Lipinski definition) is 6. The lowest BCUT2D eigenvalue weighted by Crippen LogP contribution is -2.02. The van der Waals surface area contributed by atoms with Crippen LogP contribution in [0.15, 0.2) is 24.4 Å². The van der Waals surface area contributed by atoms with Crippen LogP contribution < -0.4 is 10.1 Å². The molecule has 7 nitrogen and oxygen atoms in total. The van der Waals surface area contributed by atoms with Crippen molar-refractivity contribution in [3.63, 3.8) is 0 Å². The van der Waals surface area contributed by atoms with Crippen molar-refractivity contribution < 1.29 is 9.66 Å². The number of nitrogens with one attached hydrogen (secondary N) is 1. The molecule has 0 aliphatic rings. The number of aromatic nitrogens is 2. The molecule has 0 spiro atoms. The number of halogens is 1. The molecular formula is C12H11ClN4O3. The molecule has 0 unspecified atom stereocenters. The van der Waals surface area contributed by atoms with Gasteiger partial charge in [0.25, 0.3) is 0 Å². The number of aryl methyl sites for hydroxylation is 1. The Bertz CT molecular complexity index is 663. The van der Waals surface area contributed by atoms with Crippen molar-refractivity contribution in [3.05, 3.63) is 45.4 Å². The number of hydrogen-bond donors (Lipinski definition) is 1. The number of rotatable bonds is 4. The fraction of sp³-hybridized carbons (Fsp3) is 0.167. The zero-order valence-corrected chi connectivity index (χ0v) is 11.5. The Labute approximate surface area is 119 Å². The van der Waals surface area contributed by atoms with E-state index >= 15 is 0 Å². The van der Waals surface area contributed by atoms with Crippen molar-refractivity contribution in [1.29, 1.82) is 0 Å². The van der Waals surface area contributed by atoms with Gasteiger partial charge in [-0.05, 0) is 36.2 Å². The van der Waals surface area contributed by atoms with Gasteiger partial charge in [-0.15, -0.1) is 0 Å². The van der Waals surface area contributed by atoms with E-state index in [4.69, 9.17) is 16.3 Å². The summed E-state index contributed by atoms with van der Waals surface area (Å²) in [5.41, 5.74) is 1.26. The first-order chi connectivity index (χ1) is 9.51. The lowest BCUT2D eigenvalue weighted by Gasteiger charge is -2.11. The minimum atomic E-state index is -0.582. The molecule has 0 amide bonds. The summed E-state index contributed by atoms with van der Waals surface area (Å²) in [7, 11) is 1.51. The average Bonchev–Trinajstić information content (AvgIpc) is 2.38. The Hall–Kier alpha value is -2.41. The highest BCUT2D eigenvalue weighted by molar-refractivity contribution is 6.28. The van der Waals surface area contributed by atoms with Crippen molar-refractivity contribution in [1.82, 2.24) is 9.97 Å². The maximum Gasteiger partial charge on any atom is 0.329 e. The summed E-state index contributed by atoms with van der Waals surface area (Å²) >= 11 is 5.68.